The van der Waals surface area contributed by atoms with Crippen molar-refractivity contribution in [2.24, 2.45) is 5.73 Å². The standard InChI is InChI=1S/C15H17FN2O2S/c1-9(13-6-11(16)3-4-14(13)20-2)18-7-12-5-10(8-21-12)15(17)19/h3-6,8-9,18H,7H2,1-2H3,(H2,17,19). The van der Waals surface area contributed by atoms with Crippen LogP contribution in [0.3, 0.4) is 0 Å². The summed E-state index contributed by atoms with van der Waals surface area (Å²) in [6.07, 6.45) is 0. The second-order valence-electron chi connectivity index (χ2n) is 4.65. The smallest absolute Gasteiger partial charge is 0.249 e. The Morgan fingerprint density at radius 2 is 2.24 bits per heavy atom. The SMILES string of the molecule is COc1ccc(F)cc1C(C)NCc1cc(C(N)=O)cs1. The minimum atomic E-state index is -0.433. The van der Waals surface area contributed by atoms with Crippen LogP contribution in [0.25, 0.3) is 0 Å². The van der Waals surface area contributed by atoms with Crippen LogP contribution < -0.4 is 15.8 Å². The van der Waals surface area contributed by atoms with Crippen molar-refractivity contribution < 1.29 is 13.9 Å². The molecule has 1 aromatic carbocycles. The molecule has 0 bridgehead atoms. The fourth-order valence-corrected chi connectivity index (χ4v) is 2.83. The van der Waals surface area contributed by atoms with Gasteiger partial charge in [-0.15, -0.1) is 11.3 Å². The first kappa shape index (κ1) is 15.5. The van der Waals surface area contributed by atoms with Crippen molar-refractivity contribution in [3.63, 3.8) is 0 Å². The molecule has 0 saturated carbocycles. The van der Waals surface area contributed by atoms with Gasteiger partial charge in [0.05, 0.1) is 12.7 Å². The van der Waals surface area contributed by atoms with E-state index in [0.717, 1.165) is 10.4 Å². The third-order valence-electron chi connectivity index (χ3n) is 3.18. The number of rotatable bonds is 6. The van der Waals surface area contributed by atoms with Gasteiger partial charge >= 0.3 is 0 Å². The van der Waals surface area contributed by atoms with Gasteiger partial charge < -0.3 is 15.8 Å². The lowest BCUT2D eigenvalue weighted by atomic mass is 10.1. The lowest BCUT2D eigenvalue weighted by molar-refractivity contribution is 0.100. The average molecular weight is 308 g/mol. The number of ether oxygens (including phenoxy) is 1. The van der Waals surface area contributed by atoms with Crippen LogP contribution in [0.5, 0.6) is 5.75 Å². The molecule has 1 aromatic heterocycles. The van der Waals surface area contributed by atoms with Crippen LogP contribution in [-0.4, -0.2) is 13.0 Å². The van der Waals surface area contributed by atoms with Crippen molar-refractivity contribution in [1.82, 2.24) is 5.32 Å². The molecule has 1 unspecified atom stereocenters. The van der Waals surface area contributed by atoms with E-state index in [0.29, 0.717) is 17.9 Å². The van der Waals surface area contributed by atoms with Crippen LogP contribution in [0.2, 0.25) is 0 Å². The second-order valence-corrected chi connectivity index (χ2v) is 5.65. The molecule has 112 valence electrons. The Hall–Kier alpha value is -1.92. The molecular weight excluding hydrogens is 291 g/mol. The predicted octanol–water partition coefficient (Wildman–Crippen LogP) is 2.85. The monoisotopic (exact) mass is 308 g/mol. The quantitative estimate of drug-likeness (QED) is 0.862. The van der Waals surface area contributed by atoms with Crippen LogP contribution in [0, 0.1) is 5.82 Å². The number of hydrogen-bond acceptors (Lipinski definition) is 4. The number of nitrogens with two attached hydrogens (primary N) is 1. The number of halogens is 1. The molecular formula is C15H17FN2O2S. The third kappa shape index (κ3) is 3.80. The number of hydrogen-bond donors (Lipinski definition) is 2. The van der Waals surface area contributed by atoms with Gasteiger partial charge in [-0.05, 0) is 31.2 Å². The summed E-state index contributed by atoms with van der Waals surface area (Å²) >= 11 is 1.46. The van der Waals surface area contributed by atoms with Crippen LogP contribution in [0.4, 0.5) is 4.39 Å². The Labute approximate surface area is 126 Å². The summed E-state index contributed by atoms with van der Waals surface area (Å²) in [6.45, 7) is 2.50. The molecule has 6 heteroatoms. The Bertz CT molecular complexity index is 642. The zero-order valence-electron chi connectivity index (χ0n) is 11.9. The number of primary amides is 1. The minimum absolute atomic E-state index is 0.0882. The van der Waals surface area contributed by atoms with Gasteiger partial charge in [0, 0.05) is 28.4 Å². The van der Waals surface area contributed by atoms with Gasteiger partial charge in [-0.1, -0.05) is 0 Å². The fraction of sp³-hybridized carbons (Fsp3) is 0.267. The second kappa shape index (κ2) is 6.69. The van der Waals surface area contributed by atoms with Crippen molar-refractivity contribution in [2.75, 3.05) is 7.11 Å². The summed E-state index contributed by atoms with van der Waals surface area (Å²) < 4.78 is 18.6. The lowest BCUT2D eigenvalue weighted by Crippen LogP contribution is -2.18. The normalized spacial score (nSPS) is 12.1. The molecule has 0 aliphatic carbocycles. The highest BCUT2D eigenvalue weighted by Crippen LogP contribution is 2.26. The molecule has 21 heavy (non-hydrogen) atoms. The molecule has 0 aliphatic heterocycles. The Balaban J connectivity index is 2.05. The maximum absolute atomic E-state index is 13.4. The zero-order chi connectivity index (χ0) is 15.4. The van der Waals surface area contributed by atoms with Crippen molar-refractivity contribution in [2.45, 2.75) is 19.5 Å². The number of carbonyl (C=O) groups excluding carboxylic acids is 1. The van der Waals surface area contributed by atoms with Gasteiger partial charge in [-0.25, -0.2) is 4.39 Å². The summed E-state index contributed by atoms with van der Waals surface area (Å²) in [5.41, 5.74) is 6.48. The van der Waals surface area contributed by atoms with E-state index >= 15 is 0 Å². The highest BCUT2D eigenvalue weighted by atomic mass is 32.1. The molecule has 1 atom stereocenters. The largest absolute Gasteiger partial charge is 0.496 e. The average Bonchev–Trinajstić information content (AvgIpc) is 2.94. The van der Waals surface area contributed by atoms with Crippen molar-refractivity contribution >= 4 is 17.2 Å². The van der Waals surface area contributed by atoms with E-state index in [1.54, 1.807) is 24.6 Å². The van der Waals surface area contributed by atoms with E-state index in [2.05, 4.69) is 5.32 Å². The predicted molar refractivity (Wildman–Crippen MR) is 81.0 cm³/mol. The van der Waals surface area contributed by atoms with E-state index in [1.165, 1.54) is 23.5 Å². The Kier molecular flexibility index (Phi) is 4.93. The number of methoxy groups -OCH3 is 1. The van der Waals surface area contributed by atoms with Crippen LogP contribution in [0.1, 0.15) is 33.8 Å². The summed E-state index contributed by atoms with van der Waals surface area (Å²) in [5, 5.41) is 5.01. The molecule has 1 heterocycles. The van der Waals surface area contributed by atoms with Gasteiger partial charge in [0.1, 0.15) is 11.6 Å². The first-order valence-electron chi connectivity index (χ1n) is 6.45. The van der Waals surface area contributed by atoms with Crippen LogP contribution >= 0.6 is 11.3 Å². The third-order valence-corrected chi connectivity index (χ3v) is 4.12. The van der Waals surface area contributed by atoms with Crippen molar-refractivity contribution in [3.8, 4) is 5.75 Å². The summed E-state index contributed by atoms with van der Waals surface area (Å²) in [4.78, 5) is 12.0. The number of thiophene rings is 1. The van der Waals surface area contributed by atoms with Gasteiger partial charge in [-0.2, -0.15) is 0 Å². The number of nitrogens with one attached hydrogen (secondary N) is 1. The summed E-state index contributed by atoms with van der Waals surface area (Å²) in [6, 6.07) is 6.11. The molecule has 0 fully saturated rings. The summed E-state index contributed by atoms with van der Waals surface area (Å²) in [7, 11) is 1.56. The van der Waals surface area contributed by atoms with Crippen LogP contribution in [-0.2, 0) is 6.54 Å². The number of carbonyl (C=O) groups is 1. The lowest BCUT2D eigenvalue weighted by Gasteiger charge is -2.17. The maximum atomic E-state index is 13.4. The highest BCUT2D eigenvalue weighted by Gasteiger charge is 2.13. The van der Waals surface area contributed by atoms with Gasteiger partial charge in [-0.3, -0.25) is 4.79 Å². The first-order valence-corrected chi connectivity index (χ1v) is 7.33. The van der Waals surface area contributed by atoms with Gasteiger partial charge in [0.15, 0.2) is 0 Å². The van der Waals surface area contributed by atoms with Gasteiger partial charge in [0.2, 0.25) is 5.91 Å². The molecule has 0 radical (unpaired) electrons. The molecule has 3 N–H and O–H groups in total. The molecule has 0 aliphatic rings. The number of amides is 1. The molecule has 0 saturated heterocycles. The zero-order valence-corrected chi connectivity index (χ0v) is 12.7. The molecule has 4 nitrogen and oxygen atoms in total. The van der Waals surface area contributed by atoms with Crippen LogP contribution in [0.15, 0.2) is 29.6 Å². The molecule has 2 aromatic rings. The van der Waals surface area contributed by atoms with Crippen molar-refractivity contribution in [3.05, 3.63) is 51.5 Å². The fourth-order valence-electron chi connectivity index (χ4n) is 2.01. The van der Waals surface area contributed by atoms with E-state index < -0.39 is 5.91 Å². The van der Waals surface area contributed by atoms with E-state index in [4.69, 9.17) is 10.5 Å². The Morgan fingerprint density at radius 3 is 2.86 bits per heavy atom. The Morgan fingerprint density at radius 1 is 1.48 bits per heavy atom. The molecule has 2 rings (SSSR count). The van der Waals surface area contributed by atoms with E-state index in [1.807, 2.05) is 6.92 Å². The van der Waals surface area contributed by atoms with Crippen molar-refractivity contribution in [1.29, 1.82) is 0 Å². The molecule has 0 spiro atoms. The number of benzene rings is 1. The van der Waals surface area contributed by atoms with Gasteiger partial charge in [0.25, 0.3) is 0 Å². The topological polar surface area (TPSA) is 64.3 Å². The molecule has 1 amide bonds. The summed E-state index contributed by atoms with van der Waals surface area (Å²) in [5.74, 6) is -0.0932. The van der Waals surface area contributed by atoms with E-state index in [9.17, 15) is 9.18 Å². The minimum Gasteiger partial charge on any atom is -0.496 e. The first-order chi connectivity index (χ1) is 10.0. The maximum Gasteiger partial charge on any atom is 0.249 e. The highest BCUT2D eigenvalue weighted by molar-refractivity contribution is 7.10. The van der Waals surface area contributed by atoms with E-state index in [-0.39, 0.29) is 11.9 Å².